The minimum absolute atomic E-state index is 0.714. The number of halogens is 1. The molecule has 0 bridgehead atoms. The first-order valence-corrected chi connectivity index (χ1v) is 6.48. The maximum atomic E-state index is 5.92. The summed E-state index contributed by atoms with van der Waals surface area (Å²) in [5, 5.41) is 6.04. The molecule has 0 aliphatic carbocycles. The van der Waals surface area contributed by atoms with Crippen molar-refractivity contribution in [1.82, 2.24) is 9.97 Å². The van der Waals surface area contributed by atoms with Crippen LogP contribution >= 0.6 is 22.9 Å². The van der Waals surface area contributed by atoms with E-state index in [1.807, 2.05) is 24.3 Å². The minimum Gasteiger partial charge on any atom is -0.351 e. The third-order valence-electron chi connectivity index (χ3n) is 2.45. The Morgan fingerprint density at radius 3 is 3.12 bits per heavy atom. The summed E-state index contributed by atoms with van der Waals surface area (Å²) in [5.41, 5.74) is 1.87. The molecule has 5 heteroatoms. The molecule has 86 valence electrons. The quantitative estimate of drug-likeness (QED) is 0.753. The molecule has 0 spiro atoms. The van der Waals surface area contributed by atoms with Gasteiger partial charge in [-0.25, -0.2) is 4.98 Å². The lowest BCUT2D eigenvalue weighted by Crippen LogP contribution is -1.98. The number of fused-ring (bicyclic) bond motifs is 1. The molecule has 0 atom stereocenters. The van der Waals surface area contributed by atoms with E-state index in [0.29, 0.717) is 5.02 Å². The highest BCUT2D eigenvalue weighted by atomic mass is 35.5. The van der Waals surface area contributed by atoms with Crippen molar-refractivity contribution in [3.63, 3.8) is 0 Å². The number of aromatic nitrogens is 2. The molecule has 0 aliphatic rings. The van der Waals surface area contributed by atoms with E-state index in [4.69, 9.17) is 11.6 Å². The van der Waals surface area contributed by atoms with Crippen molar-refractivity contribution in [1.29, 1.82) is 0 Å². The normalized spacial score (nSPS) is 10.9. The molecule has 0 amide bonds. The average molecular weight is 264 g/mol. The Bertz CT molecular complexity index is 630. The van der Waals surface area contributed by atoms with Gasteiger partial charge in [-0.3, -0.25) is 0 Å². The van der Waals surface area contributed by atoms with Gasteiger partial charge in [0.1, 0.15) is 0 Å². The van der Waals surface area contributed by atoms with Crippen molar-refractivity contribution in [2.24, 2.45) is 0 Å². The molecule has 0 fully saturated rings. The fraction of sp³-hybridized carbons (Fsp3) is 0.0833. The number of rotatable bonds is 3. The Morgan fingerprint density at radius 1 is 1.35 bits per heavy atom. The van der Waals surface area contributed by atoms with Crippen molar-refractivity contribution >= 4 is 39.9 Å². The van der Waals surface area contributed by atoms with E-state index in [1.165, 1.54) is 4.88 Å². The number of hydrogen-bond donors (Lipinski definition) is 2. The Labute approximate surface area is 107 Å². The first-order chi connectivity index (χ1) is 8.31. The van der Waals surface area contributed by atoms with Gasteiger partial charge in [0.2, 0.25) is 5.95 Å². The molecule has 0 saturated carbocycles. The highest BCUT2D eigenvalue weighted by Crippen LogP contribution is 2.19. The van der Waals surface area contributed by atoms with Crippen LogP contribution in [0.1, 0.15) is 4.88 Å². The number of nitrogens with zero attached hydrogens (tertiary/aromatic N) is 1. The van der Waals surface area contributed by atoms with E-state index < -0.39 is 0 Å². The van der Waals surface area contributed by atoms with Crippen LogP contribution in [0.2, 0.25) is 5.02 Å². The van der Waals surface area contributed by atoms with Crippen LogP contribution < -0.4 is 5.32 Å². The van der Waals surface area contributed by atoms with E-state index in [0.717, 1.165) is 23.5 Å². The SMILES string of the molecule is Clc1ccc2nc(NCc3cccs3)[nH]c2c1. The minimum atomic E-state index is 0.714. The number of aromatic amines is 1. The number of nitrogens with one attached hydrogen (secondary N) is 2. The Morgan fingerprint density at radius 2 is 2.29 bits per heavy atom. The van der Waals surface area contributed by atoms with Crippen LogP contribution in [0, 0.1) is 0 Å². The topological polar surface area (TPSA) is 40.7 Å². The average Bonchev–Trinajstić information content (AvgIpc) is 2.94. The van der Waals surface area contributed by atoms with Gasteiger partial charge in [-0.15, -0.1) is 11.3 Å². The second-order valence-corrected chi connectivity index (χ2v) is 5.15. The van der Waals surface area contributed by atoms with Crippen molar-refractivity contribution in [3.05, 3.63) is 45.6 Å². The molecule has 1 aromatic carbocycles. The van der Waals surface area contributed by atoms with Crippen LogP contribution in [0.5, 0.6) is 0 Å². The Balaban J connectivity index is 1.81. The lowest BCUT2D eigenvalue weighted by atomic mass is 10.3. The van der Waals surface area contributed by atoms with Gasteiger partial charge < -0.3 is 10.3 Å². The highest BCUT2D eigenvalue weighted by molar-refractivity contribution is 7.09. The van der Waals surface area contributed by atoms with E-state index in [2.05, 4.69) is 26.7 Å². The molecule has 2 N–H and O–H groups in total. The second-order valence-electron chi connectivity index (χ2n) is 3.68. The smallest absolute Gasteiger partial charge is 0.201 e. The largest absolute Gasteiger partial charge is 0.351 e. The van der Waals surface area contributed by atoms with E-state index in [9.17, 15) is 0 Å². The molecule has 0 saturated heterocycles. The number of H-pyrrole nitrogens is 1. The highest BCUT2D eigenvalue weighted by Gasteiger charge is 2.02. The summed E-state index contributed by atoms with van der Waals surface area (Å²) in [7, 11) is 0. The van der Waals surface area contributed by atoms with Crippen molar-refractivity contribution in [2.45, 2.75) is 6.54 Å². The fourth-order valence-corrected chi connectivity index (χ4v) is 2.47. The third-order valence-corrected chi connectivity index (χ3v) is 3.57. The number of benzene rings is 1. The number of imidazole rings is 1. The molecule has 0 unspecified atom stereocenters. The molecule has 3 aromatic rings. The zero-order valence-corrected chi connectivity index (χ0v) is 10.5. The van der Waals surface area contributed by atoms with Gasteiger partial charge >= 0.3 is 0 Å². The lowest BCUT2D eigenvalue weighted by Gasteiger charge is -1.98. The number of thiophene rings is 1. The summed E-state index contributed by atoms with van der Waals surface area (Å²) in [5.74, 6) is 0.774. The molecular formula is C12H10ClN3S. The van der Waals surface area contributed by atoms with Crippen LogP contribution in [-0.2, 0) is 6.54 Å². The molecule has 0 aliphatic heterocycles. The van der Waals surface area contributed by atoms with Crippen molar-refractivity contribution in [3.8, 4) is 0 Å². The number of hydrogen-bond acceptors (Lipinski definition) is 3. The predicted molar refractivity (Wildman–Crippen MR) is 72.7 cm³/mol. The third kappa shape index (κ3) is 2.28. The van der Waals surface area contributed by atoms with Crippen LogP contribution in [-0.4, -0.2) is 9.97 Å². The van der Waals surface area contributed by atoms with Gasteiger partial charge in [0, 0.05) is 9.90 Å². The molecule has 3 rings (SSSR count). The molecular weight excluding hydrogens is 254 g/mol. The summed E-state index contributed by atoms with van der Waals surface area (Å²) in [6, 6.07) is 9.76. The van der Waals surface area contributed by atoms with Gasteiger partial charge in [0.05, 0.1) is 17.6 Å². The summed E-state index contributed by atoms with van der Waals surface area (Å²) in [6.45, 7) is 0.783. The summed E-state index contributed by atoms with van der Waals surface area (Å²) in [4.78, 5) is 8.91. The Kier molecular flexibility index (Phi) is 2.74. The standard InChI is InChI=1S/C12H10ClN3S/c13-8-3-4-10-11(6-8)16-12(15-10)14-7-9-2-1-5-17-9/h1-6H,7H2,(H2,14,15,16). The van der Waals surface area contributed by atoms with Crippen molar-refractivity contribution in [2.75, 3.05) is 5.32 Å². The van der Waals surface area contributed by atoms with Crippen LogP contribution in [0.3, 0.4) is 0 Å². The number of anilines is 1. The van der Waals surface area contributed by atoms with E-state index in [1.54, 1.807) is 11.3 Å². The molecule has 3 nitrogen and oxygen atoms in total. The summed E-state index contributed by atoms with van der Waals surface area (Å²) >= 11 is 7.65. The summed E-state index contributed by atoms with van der Waals surface area (Å²) in [6.07, 6.45) is 0. The van der Waals surface area contributed by atoms with Crippen LogP contribution in [0.15, 0.2) is 35.7 Å². The zero-order valence-electron chi connectivity index (χ0n) is 8.90. The van der Waals surface area contributed by atoms with E-state index in [-0.39, 0.29) is 0 Å². The molecule has 2 heterocycles. The summed E-state index contributed by atoms with van der Waals surface area (Å²) < 4.78 is 0. The van der Waals surface area contributed by atoms with Gasteiger partial charge in [-0.2, -0.15) is 0 Å². The van der Waals surface area contributed by atoms with Crippen molar-refractivity contribution < 1.29 is 0 Å². The van der Waals surface area contributed by atoms with Gasteiger partial charge in [-0.1, -0.05) is 17.7 Å². The zero-order chi connectivity index (χ0) is 11.7. The molecule has 2 aromatic heterocycles. The van der Waals surface area contributed by atoms with Gasteiger partial charge in [0.25, 0.3) is 0 Å². The second kappa shape index (κ2) is 4.39. The van der Waals surface area contributed by atoms with Crippen LogP contribution in [0.25, 0.3) is 11.0 Å². The van der Waals surface area contributed by atoms with Gasteiger partial charge in [0.15, 0.2) is 0 Å². The Hall–Kier alpha value is -1.52. The molecule has 17 heavy (non-hydrogen) atoms. The fourth-order valence-electron chi connectivity index (χ4n) is 1.65. The predicted octanol–water partition coefficient (Wildman–Crippen LogP) is 3.89. The maximum Gasteiger partial charge on any atom is 0.201 e. The van der Waals surface area contributed by atoms with Gasteiger partial charge in [-0.05, 0) is 29.6 Å². The first-order valence-electron chi connectivity index (χ1n) is 5.23. The lowest BCUT2D eigenvalue weighted by molar-refractivity contribution is 1.13. The monoisotopic (exact) mass is 263 g/mol. The molecule has 0 radical (unpaired) electrons. The first kappa shape index (κ1) is 10.6. The van der Waals surface area contributed by atoms with E-state index >= 15 is 0 Å². The maximum absolute atomic E-state index is 5.92. The van der Waals surface area contributed by atoms with Crippen LogP contribution in [0.4, 0.5) is 5.95 Å².